The Labute approximate surface area is 119 Å². The average Bonchev–Trinajstić information content (AvgIpc) is 2.39. The first-order valence-electron chi connectivity index (χ1n) is 6.29. The van der Waals surface area contributed by atoms with E-state index in [4.69, 9.17) is 0 Å². The molecule has 0 unspecified atom stereocenters. The molecule has 0 aliphatic carbocycles. The van der Waals surface area contributed by atoms with Crippen LogP contribution in [0.3, 0.4) is 0 Å². The molecule has 0 saturated carbocycles. The van der Waals surface area contributed by atoms with Crippen molar-refractivity contribution in [3.8, 4) is 11.8 Å². The van der Waals surface area contributed by atoms with Gasteiger partial charge in [0.25, 0.3) is 5.91 Å². The second kappa shape index (κ2) is 7.97. The molecule has 1 aromatic rings. The van der Waals surface area contributed by atoms with Crippen LogP contribution >= 0.6 is 0 Å². The van der Waals surface area contributed by atoms with Crippen LogP contribution in [-0.4, -0.2) is 37.4 Å². The number of hydrogen-bond donors (Lipinski definition) is 2. The summed E-state index contributed by atoms with van der Waals surface area (Å²) < 4.78 is 0. The lowest BCUT2D eigenvalue weighted by atomic mass is 10.2. The van der Waals surface area contributed by atoms with E-state index in [1.807, 2.05) is 19.0 Å². The molecule has 0 bridgehead atoms. The van der Waals surface area contributed by atoms with Gasteiger partial charge in [-0.1, -0.05) is 5.92 Å². The van der Waals surface area contributed by atoms with Crippen LogP contribution < -0.4 is 10.6 Å². The van der Waals surface area contributed by atoms with Crippen molar-refractivity contribution in [1.29, 1.82) is 0 Å². The van der Waals surface area contributed by atoms with Gasteiger partial charge in [-0.15, -0.1) is 0 Å². The number of nitrogens with one attached hydrogen (secondary N) is 2. The highest BCUT2D eigenvalue weighted by atomic mass is 16.2. The summed E-state index contributed by atoms with van der Waals surface area (Å²) in [6.07, 6.45) is 0.442. The van der Waals surface area contributed by atoms with Gasteiger partial charge < -0.3 is 15.5 Å². The summed E-state index contributed by atoms with van der Waals surface area (Å²) in [5.41, 5.74) is 1.34. The van der Waals surface area contributed by atoms with E-state index in [1.165, 1.54) is 0 Å². The van der Waals surface area contributed by atoms with Crippen molar-refractivity contribution in [2.45, 2.75) is 13.3 Å². The van der Waals surface area contributed by atoms with Gasteiger partial charge in [0.05, 0.1) is 0 Å². The van der Waals surface area contributed by atoms with Gasteiger partial charge in [0, 0.05) is 24.3 Å². The fraction of sp³-hybridized carbons (Fsp3) is 0.333. The molecule has 1 rings (SSSR count). The van der Waals surface area contributed by atoms with Crippen molar-refractivity contribution in [1.82, 2.24) is 4.90 Å². The SMILES string of the molecule is CC#CC(=O)Nc1ccc(NC(=O)CCN(C)C)cc1. The van der Waals surface area contributed by atoms with Crippen LogP contribution in [0.25, 0.3) is 0 Å². The van der Waals surface area contributed by atoms with Crippen LogP contribution in [-0.2, 0) is 9.59 Å². The van der Waals surface area contributed by atoms with Crippen molar-refractivity contribution in [2.75, 3.05) is 31.3 Å². The third kappa shape index (κ3) is 6.03. The minimum atomic E-state index is -0.352. The molecule has 0 fully saturated rings. The molecule has 0 aliphatic heterocycles. The normalized spacial score (nSPS) is 9.60. The predicted molar refractivity (Wildman–Crippen MR) is 80.3 cm³/mol. The number of carbonyl (C=O) groups is 2. The van der Waals surface area contributed by atoms with Crippen molar-refractivity contribution >= 4 is 23.2 Å². The molecule has 5 nitrogen and oxygen atoms in total. The summed E-state index contributed by atoms with van der Waals surface area (Å²) in [4.78, 5) is 24.9. The smallest absolute Gasteiger partial charge is 0.300 e. The van der Waals surface area contributed by atoms with E-state index in [-0.39, 0.29) is 11.8 Å². The van der Waals surface area contributed by atoms with Crippen molar-refractivity contribution in [3.63, 3.8) is 0 Å². The maximum absolute atomic E-state index is 11.6. The number of rotatable bonds is 5. The number of anilines is 2. The van der Waals surface area contributed by atoms with Crippen LogP contribution in [0, 0.1) is 11.8 Å². The Balaban J connectivity index is 2.51. The zero-order valence-corrected chi connectivity index (χ0v) is 12.0. The lowest BCUT2D eigenvalue weighted by Crippen LogP contribution is -2.20. The molecule has 0 heterocycles. The predicted octanol–water partition coefficient (Wildman–Crippen LogP) is 1.54. The molecular weight excluding hydrogens is 254 g/mol. The van der Waals surface area contributed by atoms with Crippen molar-refractivity contribution in [2.24, 2.45) is 0 Å². The van der Waals surface area contributed by atoms with E-state index >= 15 is 0 Å². The van der Waals surface area contributed by atoms with Gasteiger partial charge in [0.15, 0.2) is 0 Å². The van der Waals surface area contributed by atoms with Gasteiger partial charge in [-0.05, 0) is 51.2 Å². The Morgan fingerprint density at radius 1 is 1.10 bits per heavy atom. The highest BCUT2D eigenvalue weighted by Crippen LogP contribution is 2.13. The summed E-state index contributed by atoms with van der Waals surface area (Å²) in [7, 11) is 3.84. The van der Waals surface area contributed by atoms with E-state index in [9.17, 15) is 9.59 Å². The third-order valence-corrected chi connectivity index (χ3v) is 2.45. The molecule has 0 aliphatic rings. The molecule has 0 aromatic heterocycles. The zero-order chi connectivity index (χ0) is 15.0. The lowest BCUT2D eigenvalue weighted by Gasteiger charge is -2.10. The second-order valence-electron chi connectivity index (χ2n) is 4.51. The summed E-state index contributed by atoms with van der Waals surface area (Å²) in [5.74, 6) is 4.53. The molecule has 5 heteroatoms. The third-order valence-electron chi connectivity index (χ3n) is 2.45. The van der Waals surface area contributed by atoms with Gasteiger partial charge in [-0.3, -0.25) is 9.59 Å². The topological polar surface area (TPSA) is 61.4 Å². The Bertz CT molecular complexity index is 524. The molecule has 2 N–H and O–H groups in total. The van der Waals surface area contributed by atoms with Crippen LogP contribution in [0.2, 0.25) is 0 Å². The van der Waals surface area contributed by atoms with Crippen molar-refractivity contribution < 1.29 is 9.59 Å². The quantitative estimate of drug-likeness (QED) is 0.800. The maximum Gasteiger partial charge on any atom is 0.300 e. The van der Waals surface area contributed by atoms with Crippen molar-refractivity contribution in [3.05, 3.63) is 24.3 Å². The first kappa shape index (κ1) is 15.7. The Morgan fingerprint density at radius 2 is 1.65 bits per heavy atom. The standard InChI is InChI=1S/C15H19N3O2/c1-4-5-14(19)16-12-6-8-13(9-7-12)17-15(20)10-11-18(2)3/h6-9H,10-11H2,1-3H3,(H,16,19)(H,17,20). The highest BCUT2D eigenvalue weighted by Gasteiger charge is 2.03. The molecule has 2 amide bonds. The summed E-state index contributed by atoms with van der Waals surface area (Å²) >= 11 is 0. The summed E-state index contributed by atoms with van der Waals surface area (Å²) in [6.45, 7) is 2.31. The zero-order valence-electron chi connectivity index (χ0n) is 12.0. The monoisotopic (exact) mass is 273 g/mol. The number of benzene rings is 1. The van der Waals surface area contributed by atoms with Gasteiger partial charge in [0.2, 0.25) is 5.91 Å². The van der Waals surface area contributed by atoms with E-state index in [0.29, 0.717) is 24.3 Å². The average molecular weight is 273 g/mol. The molecule has 0 radical (unpaired) electrons. The van der Waals surface area contributed by atoms with Gasteiger partial charge >= 0.3 is 0 Å². The van der Waals surface area contributed by atoms with Crippen LogP contribution in [0.5, 0.6) is 0 Å². The number of nitrogens with zero attached hydrogens (tertiary/aromatic N) is 1. The van der Waals surface area contributed by atoms with E-state index in [0.717, 1.165) is 0 Å². The number of hydrogen-bond acceptors (Lipinski definition) is 3. The Kier molecular flexibility index (Phi) is 6.27. The lowest BCUT2D eigenvalue weighted by molar-refractivity contribution is -0.116. The summed E-state index contributed by atoms with van der Waals surface area (Å²) in [6, 6.07) is 6.92. The summed E-state index contributed by atoms with van der Waals surface area (Å²) in [5, 5.41) is 5.43. The molecule has 106 valence electrons. The molecular formula is C15H19N3O2. The van der Waals surface area contributed by atoms with Crippen LogP contribution in [0.4, 0.5) is 11.4 Å². The Morgan fingerprint density at radius 3 is 2.15 bits per heavy atom. The Hall–Kier alpha value is -2.32. The van der Waals surface area contributed by atoms with E-state index in [1.54, 1.807) is 31.2 Å². The second-order valence-corrected chi connectivity index (χ2v) is 4.51. The first-order valence-corrected chi connectivity index (χ1v) is 6.29. The fourth-order valence-electron chi connectivity index (χ4n) is 1.46. The minimum Gasteiger partial charge on any atom is -0.326 e. The molecule has 0 saturated heterocycles. The fourth-order valence-corrected chi connectivity index (χ4v) is 1.46. The van der Waals surface area contributed by atoms with Gasteiger partial charge in [-0.2, -0.15) is 0 Å². The largest absolute Gasteiger partial charge is 0.326 e. The number of carbonyl (C=O) groups excluding carboxylic acids is 2. The van der Waals surface area contributed by atoms with Crippen LogP contribution in [0.1, 0.15) is 13.3 Å². The van der Waals surface area contributed by atoms with E-state index in [2.05, 4.69) is 22.5 Å². The molecule has 0 spiro atoms. The molecule has 20 heavy (non-hydrogen) atoms. The highest BCUT2D eigenvalue weighted by molar-refractivity contribution is 6.04. The molecule has 0 atom stereocenters. The van der Waals surface area contributed by atoms with Gasteiger partial charge in [-0.25, -0.2) is 0 Å². The first-order chi connectivity index (χ1) is 9.51. The minimum absolute atomic E-state index is 0.0349. The van der Waals surface area contributed by atoms with Crippen LogP contribution in [0.15, 0.2) is 24.3 Å². The van der Waals surface area contributed by atoms with Gasteiger partial charge in [0.1, 0.15) is 0 Å². The maximum atomic E-state index is 11.6. The molecule has 1 aromatic carbocycles. The number of amides is 2. The van der Waals surface area contributed by atoms with E-state index < -0.39 is 0 Å².